The second kappa shape index (κ2) is 10.5. The molecule has 4 rings (SSSR count). The lowest BCUT2D eigenvalue weighted by molar-refractivity contribution is -0.126. The number of aromatic carboxylic acids is 1. The van der Waals surface area contributed by atoms with Gasteiger partial charge in [-0.15, -0.1) is 0 Å². The number of rotatable bonds is 9. The van der Waals surface area contributed by atoms with Gasteiger partial charge in [0.25, 0.3) is 15.9 Å². The topological polar surface area (TPSA) is 128 Å². The molecule has 1 heterocycles. The van der Waals surface area contributed by atoms with Gasteiger partial charge in [0, 0.05) is 10.6 Å². The molecule has 0 aliphatic carbocycles. The highest BCUT2D eigenvalue weighted by Gasteiger charge is 2.30. The molecule has 36 heavy (non-hydrogen) atoms. The van der Waals surface area contributed by atoms with Crippen molar-refractivity contribution in [1.82, 2.24) is 4.72 Å². The summed E-state index contributed by atoms with van der Waals surface area (Å²) < 4.78 is 44.6. The van der Waals surface area contributed by atoms with Crippen LogP contribution in [0.25, 0.3) is 0 Å². The molecule has 1 aliphatic heterocycles. The van der Waals surface area contributed by atoms with Gasteiger partial charge in [-0.25, -0.2) is 17.9 Å². The quantitative estimate of drug-likeness (QED) is 0.417. The summed E-state index contributed by atoms with van der Waals surface area (Å²) in [4.78, 5) is 24.6. The Bertz CT molecular complexity index is 1420. The van der Waals surface area contributed by atoms with Crippen LogP contribution < -0.4 is 18.9 Å². The number of carboxylic acids is 1. The summed E-state index contributed by atoms with van der Waals surface area (Å²) in [5.74, 6) is -0.960. The Morgan fingerprint density at radius 1 is 1.08 bits per heavy atom. The molecule has 0 saturated heterocycles. The number of sulfonamides is 1. The highest BCUT2D eigenvalue weighted by molar-refractivity contribution is 7.90. The minimum absolute atomic E-state index is 0.0109. The van der Waals surface area contributed by atoms with Crippen molar-refractivity contribution in [3.63, 3.8) is 0 Å². The van der Waals surface area contributed by atoms with Crippen LogP contribution in [0.15, 0.2) is 65.6 Å². The van der Waals surface area contributed by atoms with Crippen molar-refractivity contribution in [1.29, 1.82) is 0 Å². The zero-order valence-electron chi connectivity index (χ0n) is 19.1. The number of nitrogens with one attached hydrogen (secondary N) is 1. The minimum Gasteiger partial charge on any atom is -0.478 e. The molecular weight excluding hydrogens is 510 g/mol. The third-order valence-corrected chi connectivity index (χ3v) is 6.93. The van der Waals surface area contributed by atoms with Crippen molar-refractivity contribution >= 4 is 33.5 Å². The molecule has 11 heteroatoms. The van der Waals surface area contributed by atoms with Crippen molar-refractivity contribution < 1.29 is 37.3 Å². The van der Waals surface area contributed by atoms with Gasteiger partial charge in [-0.2, -0.15) is 0 Å². The first-order valence-corrected chi connectivity index (χ1v) is 12.8. The lowest BCUT2D eigenvalue weighted by atomic mass is 10.0. The van der Waals surface area contributed by atoms with Gasteiger partial charge in [0.1, 0.15) is 5.75 Å². The van der Waals surface area contributed by atoms with Gasteiger partial charge in [0.05, 0.1) is 10.5 Å². The van der Waals surface area contributed by atoms with E-state index in [9.17, 15) is 23.1 Å². The van der Waals surface area contributed by atoms with Crippen LogP contribution in [-0.4, -0.2) is 32.2 Å². The first-order valence-electron chi connectivity index (χ1n) is 10.9. The van der Waals surface area contributed by atoms with Gasteiger partial charge in [0.15, 0.2) is 11.5 Å². The highest BCUT2D eigenvalue weighted by atomic mass is 35.5. The van der Waals surface area contributed by atoms with E-state index in [1.807, 2.05) is 6.92 Å². The van der Waals surface area contributed by atoms with Crippen LogP contribution >= 0.6 is 11.6 Å². The Kier molecular flexibility index (Phi) is 7.37. The molecule has 0 aromatic heterocycles. The smallest absolute Gasteiger partial charge is 0.335 e. The number of ether oxygens (including phenoxy) is 3. The monoisotopic (exact) mass is 531 g/mol. The predicted molar refractivity (Wildman–Crippen MR) is 130 cm³/mol. The van der Waals surface area contributed by atoms with E-state index in [-0.39, 0.29) is 28.0 Å². The molecule has 188 valence electrons. The molecule has 0 spiro atoms. The van der Waals surface area contributed by atoms with Crippen molar-refractivity contribution in [2.24, 2.45) is 0 Å². The molecule has 3 aromatic rings. The molecule has 1 aliphatic rings. The second-order valence-electron chi connectivity index (χ2n) is 7.92. The Morgan fingerprint density at radius 2 is 1.86 bits per heavy atom. The van der Waals surface area contributed by atoms with E-state index in [1.165, 1.54) is 48.5 Å². The van der Waals surface area contributed by atoms with Crippen LogP contribution in [0.2, 0.25) is 5.02 Å². The highest BCUT2D eigenvalue weighted by Crippen LogP contribution is 2.36. The Hall–Kier alpha value is -3.76. The predicted octanol–water partition coefficient (Wildman–Crippen LogP) is 4.34. The number of carbonyl (C=O) groups excluding carboxylic acids is 1. The molecular formula is C25H22ClNO8S. The van der Waals surface area contributed by atoms with Crippen LogP contribution in [0, 0.1) is 0 Å². The van der Waals surface area contributed by atoms with Crippen LogP contribution in [0.5, 0.6) is 17.2 Å². The maximum absolute atomic E-state index is 13.4. The van der Waals surface area contributed by atoms with Gasteiger partial charge >= 0.3 is 5.97 Å². The van der Waals surface area contributed by atoms with E-state index in [0.717, 1.165) is 0 Å². The maximum Gasteiger partial charge on any atom is 0.335 e. The standard InChI is InChI=1S/C25H22ClNO8S/c1-2-4-15-11-17(25(29)30)8-9-20(15)35-23(16-7-10-21-22(12-16)34-14-33-21)24(28)27-36(31,32)19-6-3-5-18(26)13-19/h3,5-13,23H,2,4,14H2,1H3,(H,27,28)(H,29,30). The van der Waals surface area contributed by atoms with Gasteiger partial charge in [-0.05, 0) is 60.5 Å². The van der Waals surface area contributed by atoms with E-state index in [1.54, 1.807) is 12.1 Å². The zero-order valence-corrected chi connectivity index (χ0v) is 20.6. The van der Waals surface area contributed by atoms with Gasteiger partial charge in [-0.3, -0.25) is 4.79 Å². The summed E-state index contributed by atoms with van der Waals surface area (Å²) in [5, 5.41) is 9.55. The molecule has 0 radical (unpaired) electrons. The molecule has 0 fully saturated rings. The average Bonchev–Trinajstić information content (AvgIpc) is 3.31. The molecule has 9 nitrogen and oxygen atoms in total. The number of carboxylic acid groups (broad SMARTS) is 1. The summed E-state index contributed by atoms with van der Waals surface area (Å²) in [6.07, 6.45) is -0.254. The first-order chi connectivity index (χ1) is 17.2. The summed E-state index contributed by atoms with van der Waals surface area (Å²) >= 11 is 5.92. The van der Waals surface area contributed by atoms with Crippen LogP contribution in [-0.2, 0) is 21.2 Å². The number of hydrogen-bond donors (Lipinski definition) is 2. The zero-order chi connectivity index (χ0) is 25.9. The fourth-order valence-corrected chi connectivity index (χ4v) is 4.93. The Labute approximate surface area is 212 Å². The fraction of sp³-hybridized carbons (Fsp3) is 0.200. The number of benzene rings is 3. The van der Waals surface area contributed by atoms with Crippen LogP contribution in [0.3, 0.4) is 0 Å². The molecule has 1 atom stereocenters. The molecule has 1 unspecified atom stereocenters. The normalized spacial score (nSPS) is 13.2. The summed E-state index contributed by atoms with van der Waals surface area (Å²) in [5.41, 5.74) is 0.940. The van der Waals surface area contributed by atoms with Crippen molar-refractivity contribution in [2.45, 2.75) is 30.8 Å². The number of carbonyl (C=O) groups is 2. The van der Waals surface area contributed by atoms with E-state index >= 15 is 0 Å². The maximum atomic E-state index is 13.4. The Balaban J connectivity index is 1.72. The molecule has 0 saturated carbocycles. The van der Waals surface area contributed by atoms with E-state index in [0.29, 0.717) is 35.5 Å². The number of aryl methyl sites for hydroxylation is 1. The number of amides is 1. The van der Waals surface area contributed by atoms with Gasteiger partial charge < -0.3 is 19.3 Å². The third-order valence-electron chi connectivity index (χ3n) is 5.35. The van der Waals surface area contributed by atoms with E-state index in [4.69, 9.17) is 25.8 Å². The SMILES string of the molecule is CCCc1cc(C(=O)O)ccc1OC(C(=O)NS(=O)(=O)c1cccc(Cl)c1)c1ccc2c(c1)OCO2. The summed E-state index contributed by atoms with van der Waals surface area (Å²) in [6, 6.07) is 14.5. The van der Waals surface area contributed by atoms with Crippen molar-refractivity contribution in [3.05, 3.63) is 82.4 Å². The van der Waals surface area contributed by atoms with Crippen LogP contribution in [0.1, 0.15) is 40.9 Å². The first kappa shape index (κ1) is 25.3. The lowest BCUT2D eigenvalue weighted by Crippen LogP contribution is -2.37. The average molecular weight is 532 g/mol. The second-order valence-corrected chi connectivity index (χ2v) is 10.0. The van der Waals surface area contributed by atoms with Crippen molar-refractivity contribution in [2.75, 3.05) is 6.79 Å². The third kappa shape index (κ3) is 5.55. The largest absolute Gasteiger partial charge is 0.478 e. The van der Waals surface area contributed by atoms with E-state index < -0.39 is 28.0 Å². The fourth-order valence-electron chi connectivity index (χ4n) is 3.65. The molecule has 2 N–H and O–H groups in total. The Morgan fingerprint density at radius 3 is 2.58 bits per heavy atom. The summed E-state index contributed by atoms with van der Waals surface area (Å²) in [6.45, 7) is 1.92. The van der Waals surface area contributed by atoms with Crippen LogP contribution in [0.4, 0.5) is 0 Å². The van der Waals surface area contributed by atoms with Gasteiger partial charge in [-0.1, -0.05) is 37.1 Å². The van der Waals surface area contributed by atoms with E-state index in [2.05, 4.69) is 4.72 Å². The number of hydrogen-bond acceptors (Lipinski definition) is 7. The number of halogens is 1. The number of fused-ring (bicyclic) bond motifs is 1. The van der Waals surface area contributed by atoms with Crippen molar-refractivity contribution in [3.8, 4) is 17.2 Å². The summed E-state index contributed by atoms with van der Waals surface area (Å²) in [7, 11) is -4.27. The molecule has 0 bridgehead atoms. The minimum atomic E-state index is -4.27. The van der Waals surface area contributed by atoms with Gasteiger partial charge in [0.2, 0.25) is 12.9 Å². The molecule has 1 amide bonds. The molecule has 3 aromatic carbocycles. The lowest BCUT2D eigenvalue weighted by Gasteiger charge is -2.21.